The van der Waals surface area contributed by atoms with Crippen LogP contribution in [-0.2, 0) is 26.2 Å². The first kappa shape index (κ1) is 31.6. The summed E-state index contributed by atoms with van der Waals surface area (Å²) in [6, 6.07) is 20.1. The third-order valence-electron chi connectivity index (χ3n) is 7.82. The SMILES string of the molecule is CCC(C(=O)NC1CCCCC1)N(Cc1cccc(C)c1)C(=O)CN(c1cc(Cl)ccc1C)S(=O)(=O)c1ccccc1. The summed E-state index contributed by atoms with van der Waals surface area (Å²) >= 11 is 6.32. The first-order valence-electron chi connectivity index (χ1n) is 14.6. The summed E-state index contributed by atoms with van der Waals surface area (Å²) in [5, 5.41) is 3.53. The number of carbonyl (C=O) groups is 2. The third kappa shape index (κ3) is 7.72. The molecule has 1 saturated carbocycles. The van der Waals surface area contributed by atoms with E-state index in [1.54, 1.807) is 43.3 Å². The molecule has 1 atom stereocenters. The highest BCUT2D eigenvalue weighted by Crippen LogP contribution is 2.30. The van der Waals surface area contributed by atoms with Crippen LogP contribution in [0, 0.1) is 13.8 Å². The minimum Gasteiger partial charge on any atom is -0.352 e. The summed E-state index contributed by atoms with van der Waals surface area (Å²) in [6.07, 6.45) is 5.53. The lowest BCUT2D eigenvalue weighted by molar-refractivity contribution is -0.140. The molecule has 2 amide bonds. The van der Waals surface area contributed by atoms with Crippen LogP contribution in [0.25, 0.3) is 0 Å². The van der Waals surface area contributed by atoms with E-state index in [2.05, 4.69) is 5.32 Å². The second kappa shape index (κ2) is 14.2. The van der Waals surface area contributed by atoms with E-state index in [-0.39, 0.29) is 23.4 Å². The molecule has 0 heterocycles. The summed E-state index contributed by atoms with van der Waals surface area (Å²) < 4.78 is 29.2. The van der Waals surface area contributed by atoms with Crippen molar-refractivity contribution in [1.82, 2.24) is 10.2 Å². The van der Waals surface area contributed by atoms with Crippen molar-refractivity contribution >= 4 is 39.1 Å². The van der Waals surface area contributed by atoms with E-state index < -0.39 is 28.5 Å². The van der Waals surface area contributed by atoms with Crippen molar-refractivity contribution in [1.29, 1.82) is 0 Å². The standard InChI is InChI=1S/C33H40ClN3O4S/c1-4-30(33(39)35-28-14-7-5-8-15-28)36(22-26-13-11-12-24(2)20-26)32(38)23-37(31-21-27(34)19-18-25(31)3)42(40,41)29-16-9-6-10-17-29/h6,9-13,16-21,28,30H,4-5,7-8,14-15,22-23H2,1-3H3,(H,35,39). The lowest BCUT2D eigenvalue weighted by Crippen LogP contribution is -2.54. The first-order chi connectivity index (χ1) is 20.1. The Morgan fingerprint density at radius 1 is 0.952 bits per heavy atom. The highest BCUT2D eigenvalue weighted by atomic mass is 35.5. The van der Waals surface area contributed by atoms with Crippen LogP contribution in [0.15, 0.2) is 77.7 Å². The number of nitrogens with zero attached hydrogens (tertiary/aromatic N) is 2. The number of rotatable bonds is 11. The number of sulfonamides is 1. The predicted molar refractivity (Wildman–Crippen MR) is 168 cm³/mol. The molecular formula is C33H40ClN3O4S. The fourth-order valence-electron chi connectivity index (χ4n) is 5.56. The summed E-state index contributed by atoms with van der Waals surface area (Å²) in [7, 11) is -4.15. The van der Waals surface area contributed by atoms with Gasteiger partial charge in [0.1, 0.15) is 12.6 Å². The van der Waals surface area contributed by atoms with Crippen molar-refractivity contribution in [3.63, 3.8) is 0 Å². The van der Waals surface area contributed by atoms with E-state index in [4.69, 9.17) is 11.6 Å². The molecule has 1 N–H and O–H groups in total. The van der Waals surface area contributed by atoms with Crippen molar-refractivity contribution in [3.05, 3.63) is 94.5 Å². The van der Waals surface area contributed by atoms with Crippen LogP contribution in [0.2, 0.25) is 5.02 Å². The molecule has 0 radical (unpaired) electrons. The Bertz CT molecular complexity index is 1490. The molecule has 42 heavy (non-hydrogen) atoms. The Kier molecular flexibility index (Phi) is 10.7. The van der Waals surface area contributed by atoms with Gasteiger partial charge in [-0.05, 0) is 68.5 Å². The zero-order valence-electron chi connectivity index (χ0n) is 24.6. The molecule has 0 aromatic heterocycles. The molecule has 1 aliphatic rings. The monoisotopic (exact) mass is 609 g/mol. The molecular weight excluding hydrogens is 570 g/mol. The van der Waals surface area contributed by atoms with Crippen LogP contribution >= 0.6 is 11.6 Å². The maximum absolute atomic E-state index is 14.3. The largest absolute Gasteiger partial charge is 0.352 e. The lowest BCUT2D eigenvalue weighted by atomic mass is 9.95. The van der Waals surface area contributed by atoms with E-state index in [9.17, 15) is 18.0 Å². The molecule has 9 heteroatoms. The van der Waals surface area contributed by atoms with Gasteiger partial charge in [-0.15, -0.1) is 0 Å². The van der Waals surface area contributed by atoms with E-state index in [1.807, 2.05) is 38.1 Å². The van der Waals surface area contributed by atoms with Gasteiger partial charge >= 0.3 is 0 Å². The van der Waals surface area contributed by atoms with E-state index in [1.165, 1.54) is 17.0 Å². The molecule has 0 aliphatic heterocycles. The quantitative estimate of drug-likeness (QED) is 0.272. The van der Waals surface area contributed by atoms with Gasteiger partial charge in [-0.3, -0.25) is 13.9 Å². The van der Waals surface area contributed by atoms with Crippen LogP contribution in [0.4, 0.5) is 5.69 Å². The van der Waals surface area contributed by atoms with Crippen molar-refractivity contribution in [3.8, 4) is 0 Å². The predicted octanol–water partition coefficient (Wildman–Crippen LogP) is 6.41. The zero-order chi connectivity index (χ0) is 30.3. The van der Waals surface area contributed by atoms with Gasteiger partial charge in [0.25, 0.3) is 10.0 Å². The van der Waals surface area contributed by atoms with Crippen LogP contribution < -0.4 is 9.62 Å². The third-order valence-corrected chi connectivity index (χ3v) is 9.83. The maximum Gasteiger partial charge on any atom is 0.264 e. The van der Waals surface area contributed by atoms with Gasteiger partial charge in [-0.1, -0.05) is 91.9 Å². The molecule has 4 rings (SSSR count). The van der Waals surface area contributed by atoms with E-state index in [0.29, 0.717) is 22.7 Å². The highest BCUT2D eigenvalue weighted by Gasteiger charge is 2.35. The summed E-state index contributed by atoms with van der Waals surface area (Å²) in [5.74, 6) is -0.678. The fourth-order valence-corrected chi connectivity index (χ4v) is 7.21. The molecule has 1 fully saturated rings. The van der Waals surface area contributed by atoms with Gasteiger partial charge in [-0.2, -0.15) is 0 Å². The molecule has 3 aromatic carbocycles. The summed E-state index contributed by atoms with van der Waals surface area (Å²) in [4.78, 5) is 29.5. The number of halogens is 1. The van der Waals surface area contributed by atoms with Crippen molar-refractivity contribution in [2.24, 2.45) is 0 Å². The van der Waals surface area contributed by atoms with Gasteiger partial charge < -0.3 is 10.2 Å². The van der Waals surface area contributed by atoms with Crippen molar-refractivity contribution in [2.75, 3.05) is 10.8 Å². The Labute approximate surface area is 254 Å². The molecule has 7 nitrogen and oxygen atoms in total. The topological polar surface area (TPSA) is 86.8 Å². The number of aryl methyl sites for hydroxylation is 2. The van der Waals surface area contributed by atoms with Crippen molar-refractivity contribution < 1.29 is 18.0 Å². The smallest absolute Gasteiger partial charge is 0.264 e. The van der Waals surface area contributed by atoms with Crippen LogP contribution in [-0.4, -0.2) is 43.8 Å². The van der Waals surface area contributed by atoms with Crippen LogP contribution in [0.3, 0.4) is 0 Å². The number of benzene rings is 3. The Balaban J connectivity index is 1.73. The number of anilines is 1. The summed E-state index contributed by atoms with van der Waals surface area (Å²) in [5.41, 5.74) is 2.86. The molecule has 0 bridgehead atoms. The van der Waals surface area contributed by atoms with Gasteiger partial charge in [-0.25, -0.2) is 8.42 Å². The number of nitrogens with one attached hydrogen (secondary N) is 1. The number of hydrogen-bond donors (Lipinski definition) is 1. The van der Waals surface area contributed by atoms with E-state index in [0.717, 1.165) is 47.5 Å². The zero-order valence-corrected chi connectivity index (χ0v) is 26.1. The molecule has 0 saturated heterocycles. The lowest BCUT2D eigenvalue weighted by Gasteiger charge is -2.35. The molecule has 1 aliphatic carbocycles. The Morgan fingerprint density at radius 2 is 1.67 bits per heavy atom. The Morgan fingerprint density at radius 3 is 2.33 bits per heavy atom. The number of hydrogen-bond acceptors (Lipinski definition) is 4. The van der Waals surface area contributed by atoms with Gasteiger partial charge in [0.15, 0.2) is 0 Å². The van der Waals surface area contributed by atoms with E-state index >= 15 is 0 Å². The van der Waals surface area contributed by atoms with Crippen molar-refractivity contribution in [2.45, 2.75) is 82.8 Å². The number of amides is 2. The normalized spacial score (nSPS) is 14.7. The average Bonchev–Trinajstić information content (AvgIpc) is 2.98. The maximum atomic E-state index is 14.3. The van der Waals surface area contributed by atoms with Gasteiger partial charge in [0.2, 0.25) is 11.8 Å². The fraction of sp³-hybridized carbons (Fsp3) is 0.394. The highest BCUT2D eigenvalue weighted by molar-refractivity contribution is 7.92. The first-order valence-corrected chi connectivity index (χ1v) is 16.4. The van der Waals surface area contributed by atoms with Crippen LogP contribution in [0.1, 0.15) is 62.1 Å². The molecule has 1 unspecified atom stereocenters. The Hall–Kier alpha value is -3.36. The minimum atomic E-state index is -4.15. The molecule has 224 valence electrons. The van der Waals surface area contributed by atoms with Gasteiger partial charge in [0, 0.05) is 17.6 Å². The second-order valence-corrected chi connectivity index (χ2v) is 13.3. The molecule has 3 aromatic rings. The average molecular weight is 610 g/mol. The summed E-state index contributed by atoms with van der Waals surface area (Å²) in [6.45, 7) is 5.31. The van der Waals surface area contributed by atoms with Crippen LogP contribution in [0.5, 0.6) is 0 Å². The van der Waals surface area contributed by atoms with Gasteiger partial charge in [0.05, 0.1) is 10.6 Å². The molecule has 0 spiro atoms. The second-order valence-electron chi connectivity index (χ2n) is 11.0. The minimum absolute atomic E-state index is 0.0597. The number of carbonyl (C=O) groups excluding carboxylic acids is 2.